The van der Waals surface area contributed by atoms with E-state index in [1.165, 1.54) is 16.9 Å². The van der Waals surface area contributed by atoms with Gasteiger partial charge in [0.1, 0.15) is 0 Å². The van der Waals surface area contributed by atoms with E-state index in [0.717, 1.165) is 29.5 Å². The van der Waals surface area contributed by atoms with Crippen LogP contribution in [-0.4, -0.2) is 24.5 Å². The number of aromatic nitrogens is 1. The zero-order chi connectivity index (χ0) is 13.2. The Labute approximate surface area is 116 Å². The fourth-order valence-electron chi connectivity index (χ4n) is 2.35. The first kappa shape index (κ1) is 12.2. The number of para-hydroxylation sites is 1. The van der Waals surface area contributed by atoms with Crippen LogP contribution in [0.15, 0.2) is 29.6 Å². The number of nitrogens with zero attached hydrogens (tertiary/aromatic N) is 2. The molecule has 0 radical (unpaired) electrons. The molecule has 0 saturated carbocycles. The first-order valence-corrected chi connectivity index (χ1v) is 7.16. The molecule has 19 heavy (non-hydrogen) atoms. The number of carbonyl (C=O) groups is 1. The monoisotopic (exact) mass is 273 g/mol. The fourth-order valence-corrected chi connectivity index (χ4v) is 3.02. The van der Waals surface area contributed by atoms with Crippen LogP contribution in [0.4, 0.5) is 10.8 Å². The van der Waals surface area contributed by atoms with Crippen molar-refractivity contribution in [2.24, 2.45) is 0 Å². The number of amides is 1. The molecule has 3 rings (SSSR count). The lowest BCUT2D eigenvalue weighted by atomic mass is 10.2. The number of rotatable bonds is 3. The number of fused-ring (bicyclic) bond motifs is 1. The van der Waals surface area contributed by atoms with Gasteiger partial charge in [0.25, 0.3) is 0 Å². The van der Waals surface area contributed by atoms with Crippen LogP contribution in [0.2, 0.25) is 0 Å². The highest BCUT2D eigenvalue weighted by molar-refractivity contribution is 7.13. The van der Waals surface area contributed by atoms with Gasteiger partial charge in [0.05, 0.1) is 12.1 Å². The molecule has 1 aliphatic heterocycles. The highest BCUT2D eigenvalue weighted by Crippen LogP contribution is 2.28. The Hall–Kier alpha value is -1.88. The minimum absolute atomic E-state index is 0.123. The summed E-state index contributed by atoms with van der Waals surface area (Å²) in [5, 5.41) is 5.78. The minimum Gasteiger partial charge on any atom is -0.365 e. The van der Waals surface area contributed by atoms with Crippen molar-refractivity contribution in [3.8, 4) is 0 Å². The maximum atomic E-state index is 12.3. The van der Waals surface area contributed by atoms with Crippen LogP contribution in [-0.2, 0) is 17.6 Å². The quantitative estimate of drug-likeness (QED) is 0.933. The Bertz CT molecular complexity index is 608. The third-order valence-corrected chi connectivity index (χ3v) is 4.19. The number of carbonyl (C=O) groups excluding carboxylic acids is 1. The fraction of sp³-hybridized carbons (Fsp3) is 0.286. The molecule has 1 amide bonds. The minimum atomic E-state index is 0.123. The molecule has 0 unspecified atom stereocenters. The topological polar surface area (TPSA) is 45.2 Å². The molecular weight excluding hydrogens is 258 g/mol. The molecule has 2 heterocycles. The summed E-state index contributed by atoms with van der Waals surface area (Å²) < 4.78 is 0. The van der Waals surface area contributed by atoms with Crippen LogP contribution in [0.3, 0.4) is 0 Å². The molecule has 1 N–H and O–H groups in total. The predicted octanol–water partition coefficient (Wildman–Crippen LogP) is 2.32. The molecule has 0 fully saturated rings. The highest BCUT2D eigenvalue weighted by atomic mass is 32.1. The van der Waals surface area contributed by atoms with Crippen LogP contribution in [0.25, 0.3) is 0 Å². The maximum absolute atomic E-state index is 12.3. The molecular formula is C14H15N3OS. The van der Waals surface area contributed by atoms with Gasteiger partial charge in [0, 0.05) is 24.7 Å². The second-order valence-electron chi connectivity index (χ2n) is 4.49. The smallest absolute Gasteiger partial charge is 0.233 e. The Morgan fingerprint density at radius 2 is 2.32 bits per heavy atom. The van der Waals surface area contributed by atoms with Crippen LogP contribution < -0.4 is 10.2 Å². The van der Waals surface area contributed by atoms with Gasteiger partial charge in [0.15, 0.2) is 5.13 Å². The summed E-state index contributed by atoms with van der Waals surface area (Å²) in [6.45, 7) is 0.779. The summed E-state index contributed by atoms with van der Waals surface area (Å²) >= 11 is 1.53. The van der Waals surface area contributed by atoms with Crippen molar-refractivity contribution >= 4 is 28.1 Å². The van der Waals surface area contributed by atoms with Crippen molar-refractivity contribution in [2.45, 2.75) is 12.8 Å². The SMILES string of the molecule is CNc1nc(CC(=O)N2CCc3ccccc32)cs1. The second-order valence-corrected chi connectivity index (χ2v) is 5.35. The maximum Gasteiger partial charge on any atom is 0.233 e. The second kappa shape index (κ2) is 5.01. The predicted molar refractivity (Wildman–Crippen MR) is 77.9 cm³/mol. The van der Waals surface area contributed by atoms with Crippen LogP contribution in [0.5, 0.6) is 0 Å². The van der Waals surface area contributed by atoms with Crippen LogP contribution in [0.1, 0.15) is 11.3 Å². The van der Waals surface area contributed by atoms with E-state index in [4.69, 9.17) is 0 Å². The first-order chi connectivity index (χ1) is 9.28. The van der Waals surface area contributed by atoms with Gasteiger partial charge in [-0.3, -0.25) is 4.79 Å². The molecule has 1 aromatic heterocycles. The average molecular weight is 273 g/mol. The van der Waals surface area contributed by atoms with E-state index in [0.29, 0.717) is 6.42 Å². The Morgan fingerprint density at radius 1 is 1.47 bits per heavy atom. The van der Waals surface area contributed by atoms with E-state index >= 15 is 0 Å². The van der Waals surface area contributed by atoms with Crippen molar-refractivity contribution in [2.75, 3.05) is 23.8 Å². The van der Waals surface area contributed by atoms with E-state index in [2.05, 4.69) is 16.4 Å². The van der Waals surface area contributed by atoms with Crippen molar-refractivity contribution in [1.82, 2.24) is 4.98 Å². The summed E-state index contributed by atoms with van der Waals surface area (Å²) in [7, 11) is 1.83. The first-order valence-electron chi connectivity index (χ1n) is 6.28. The molecule has 4 nitrogen and oxygen atoms in total. The Balaban J connectivity index is 1.75. The van der Waals surface area contributed by atoms with E-state index < -0.39 is 0 Å². The van der Waals surface area contributed by atoms with E-state index in [1.54, 1.807) is 0 Å². The normalized spacial score (nSPS) is 13.4. The summed E-state index contributed by atoms with van der Waals surface area (Å²) in [6.07, 6.45) is 1.31. The number of hydrogen-bond acceptors (Lipinski definition) is 4. The summed E-state index contributed by atoms with van der Waals surface area (Å²) in [5.74, 6) is 0.123. The standard InChI is InChI=1S/C14H15N3OS/c1-15-14-16-11(9-19-14)8-13(18)17-7-6-10-4-2-3-5-12(10)17/h2-5,9H,6-8H2,1H3,(H,15,16). The van der Waals surface area contributed by atoms with Gasteiger partial charge in [-0.15, -0.1) is 11.3 Å². The van der Waals surface area contributed by atoms with Crippen LogP contribution in [0, 0.1) is 0 Å². The zero-order valence-electron chi connectivity index (χ0n) is 10.7. The lowest BCUT2D eigenvalue weighted by Crippen LogP contribution is -2.30. The third kappa shape index (κ3) is 2.33. The van der Waals surface area contributed by atoms with Gasteiger partial charge in [-0.2, -0.15) is 0 Å². The molecule has 0 spiro atoms. The van der Waals surface area contributed by atoms with Crippen molar-refractivity contribution in [1.29, 1.82) is 0 Å². The van der Waals surface area contributed by atoms with Gasteiger partial charge in [-0.25, -0.2) is 4.98 Å². The van der Waals surface area contributed by atoms with Crippen molar-refractivity contribution in [3.63, 3.8) is 0 Å². The molecule has 1 aromatic carbocycles. The Morgan fingerprint density at radius 3 is 3.11 bits per heavy atom. The number of benzene rings is 1. The highest BCUT2D eigenvalue weighted by Gasteiger charge is 2.24. The molecule has 98 valence electrons. The Kier molecular flexibility index (Phi) is 3.21. The molecule has 0 aliphatic carbocycles. The number of thiazole rings is 1. The van der Waals surface area contributed by atoms with Gasteiger partial charge in [-0.1, -0.05) is 18.2 Å². The largest absolute Gasteiger partial charge is 0.365 e. The summed E-state index contributed by atoms with van der Waals surface area (Å²) in [5.41, 5.74) is 3.14. The van der Waals surface area contributed by atoms with Gasteiger partial charge in [0.2, 0.25) is 5.91 Å². The van der Waals surface area contributed by atoms with Crippen LogP contribution >= 0.6 is 11.3 Å². The summed E-state index contributed by atoms with van der Waals surface area (Å²) in [6, 6.07) is 8.10. The lowest BCUT2D eigenvalue weighted by Gasteiger charge is -2.16. The molecule has 1 aliphatic rings. The average Bonchev–Trinajstić information content (AvgIpc) is 3.04. The number of anilines is 2. The van der Waals surface area contributed by atoms with E-state index in [9.17, 15) is 4.79 Å². The molecule has 5 heteroatoms. The summed E-state index contributed by atoms with van der Waals surface area (Å²) in [4.78, 5) is 18.6. The molecule has 0 bridgehead atoms. The number of hydrogen-bond donors (Lipinski definition) is 1. The van der Waals surface area contributed by atoms with Gasteiger partial charge >= 0.3 is 0 Å². The molecule has 0 atom stereocenters. The van der Waals surface area contributed by atoms with Gasteiger partial charge in [-0.05, 0) is 18.1 Å². The van der Waals surface area contributed by atoms with Gasteiger partial charge < -0.3 is 10.2 Å². The van der Waals surface area contributed by atoms with E-state index in [1.807, 2.05) is 35.5 Å². The third-order valence-electron chi connectivity index (χ3n) is 3.29. The number of nitrogens with one attached hydrogen (secondary N) is 1. The van der Waals surface area contributed by atoms with Crippen molar-refractivity contribution < 1.29 is 4.79 Å². The molecule has 2 aromatic rings. The van der Waals surface area contributed by atoms with Crippen molar-refractivity contribution in [3.05, 3.63) is 40.9 Å². The zero-order valence-corrected chi connectivity index (χ0v) is 11.5. The lowest BCUT2D eigenvalue weighted by molar-refractivity contribution is -0.117. The van der Waals surface area contributed by atoms with E-state index in [-0.39, 0.29) is 5.91 Å². The molecule has 0 saturated heterocycles.